The number of nitrogens with two attached hydrogens (primary N) is 1. The monoisotopic (exact) mass is 321 g/mol. The summed E-state index contributed by atoms with van der Waals surface area (Å²) < 4.78 is 14.7. The van der Waals surface area contributed by atoms with Gasteiger partial charge in [0.25, 0.3) is 5.56 Å². The van der Waals surface area contributed by atoms with Gasteiger partial charge in [0.15, 0.2) is 5.82 Å². The molecule has 4 rings (SSSR count). The quantitative estimate of drug-likeness (QED) is 0.593. The molecule has 118 valence electrons. The minimum atomic E-state index is -0.383. The summed E-state index contributed by atoms with van der Waals surface area (Å²) in [7, 11) is 0. The van der Waals surface area contributed by atoms with E-state index in [0.717, 1.165) is 0 Å². The summed E-state index contributed by atoms with van der Waals surface area (Å²) in [6.07, 6.45) is 1.63. The van der Waals surface area contributed by atoms with Crippen LogP contribution in [0.2, 0.25) is 0 Å². The Morgan fingerprint density at radius 3 is 2.75 bits per heavy atom. The molecule has 24 heavy (non-hydrogen) atoms. The highest BCUT2D eigenvalue weighted by atomic mass is 19.1. The number of benzene rings is 1. The van der Waals surface area contributed by atoms with Gasteiger partial charge in [-0.1, -0.05) is 18.2 Å². The molecule has 0 saturated carbocycles. The Morgan fingerprint density at radius 2 is 2.00 bits per heavy atom. The summed E-state index contributed by atoms with van der Waals surface area (Å²) in [6, 6.07) is 12.7. The number of H-pyrrole nitrogens is 1. The number of anilines is 1. The first-order valence-corrected chi connectivity index (χ1v) is 7.22. The van der Waals surface area contributed by atoms with Gasteiger partial charge in [-0.15, -0.1) is 5.10 Å². The molecule has 3 N–H and O–H groups in total. The number of halogens is 1. The first-order chi connectivity index (χ1) is 11.6. The normalized spacial score (nSPS) is 11.0. The number of aromatic amines is 1. The summed E-state index contributed by atoms with van der Waals surface area (Å²) >= 11 is 0. The molecule has 3 aromatic heterocycles. The number of aromatic nitrogens is 4. The van der Waals surface area contributed by atoms with Crippen molar-refractivity contribution in [2.75, 3.05) is 5.73 Å². The number of nitrogens with zero attached hydrogens (tertiary/aromatic N) is 3. The lowest BCUT2D eigenvalue weighted by molar-refractivity contribution is 0.628. The lowest BCUT2D eigenvalue weighted by Crippen LogP contribution is -2.14. The van der Waals surface area contributed by atoms with E-state index >= 15 is 0 Å². The minimum absolute atomic E-state index is 0.193. The first kappa shape index (κ1) is 14.1. The molecule has 0 aliphatic rings. The highest BCUT2D eigenvalue weighted by Crippen LogP contribution is 2.28. The maximum atomic E-state index is 13.5. The predicted octanol–water partition coefficient (Wildman–Crippen LogP) is 2.47. The number of rotatable bonds is 2. The Hall–Kier alpha value is -3.48. The van der Waals surface area contributed by atoms with Gasteiger partial charge in [0.2, 0.25) is 0 Å². The molecule has 0 atom stereocenters. The Labute approximate surface area is 135 Å². The molecule has 1 aromatic carbocycles. The van der Waals surface area contributed by atoms with E-state index in [4.69, 9.17) is 5.73 Å². The molecule has 0 bridgehead atoms. The summed E-state index contributed by atoms with van der Waals surface area (Å²) in [5.74, 6) is -0.190. The summed E-state index contributed by atoms with van der Waals surface area (Å²) in [4.78, 5) is 19.7. The fraction of sp³-hybridized carbons (Fsp3) is 0. The van der Waals surface area contributed by atoms with Crippen LogP contribution >= 0.6 is 0 Å². The first-order valence-electron chi connectivity index (χ1n) is 7.22. The highest BCUT2D eigenvalue weighted by molar-refractivity contribution is 5.85. The van der Waals surface area contributed by atoms with Gasteiger partial charge < -0.3 is 10.7 Å². The van der Waals surface area contributed by atoms with Crippen molar-refractivity contribution in [3.8, 4) is 22.5 Å². The third-order valence-electron chi connectivity index (χ3n) is 3.70. The van der Waals surface area contributed by atoms with Crippen molar-refractivity contribution in [1.82, 2.24) is 19.6 Å². The molecule has 0 fully saturated rings. The molecule has 7 heteroatoms. The molecule has 0 aliphatic heterocycles. The Bertz CT molecular complexity index is 1100. The zero-order valence-electron chi connectivity index (χ0n) is 12.4. The number of hydrogen-bond donors (Lipinski definition) is 2. The average Bonchev–Trinajstić information content (AvgIpc) is 2.92. The van der Waals surface area contributed by atoms with Crippen molar-refractivity contribution >= 4 is 11.5 Å². The van der Waals surface area contributed by atoms with Crippen LogP contribution < -0.4 is 11.3 Å². The van der Waals surface area contributed by atoms with E-state index in [1.54, 1.807) is 30.5 Å². The molecule has 0 aliphatic carbocycles. The SMILES string of the molecule is Nc1nn2c(=O)cc(-c3cccc(F)c3)[nH]c2c1-c1ccccn1. The van der Waals surface area contributed by atoms with Crippen molar-refractivity contribution in [1.29, 1.82) is 0 Å². The van der Waals surface area contributed by atoms with Gasteiger partial charge in [-0.2, -0.15) is 4.52 Å². The number of nitrogen functional groups attached to an aromatic ring is 1. The van der Waals surface area contributed by atoms with Gasteiger partial charge in [0.05, 0.1) is 17.0 Å². The maximum Gasteiger partial charge on any atom is 0.274 e. The lowest BCUT2D eigenvalue weighted by Gasteiger charge is -2.04. The van der Waals surface area contributed by atoms with E-state index in [-0.39, 0.29) is 17.2 Å². The standard InChI is InChI=1S/C17H12FN5O/c18-11-5-3-4-10(8-11)13-9-14(24)23-17(21-13)15(16(19)22-23)12-6-1-2-7-20-12/h1-9,21H,(H2,19,22). The molecule has 0 saturated heterocycles. The largest absolute Gasteiger partial charge is 0.382 e. The average molecular weight is 321 g/mol. The molecule has 0 radical (unpaired) electrons. The Morgan fingerprint density at radius 1 is 1.12 bits per heavy atom. The van der Waals surface area contributed by atoms with Crippen LogP contribution in [0.5, 0.6) is 0 Å². The van der Waals surface area contributed by atoms with Crippen molar-refractivity contribution in [2.45, 2.75) is 0 Å². The van der Waals surface area contributed by atoms with Crippen LogP contribution in [0.4, 0.5) is 10.2 Å². The van der Waals surface area contributed by atoms with Crippen molar-refractivity contribution in [2.24, 2.45) is 0 Å². The predicted molar refractivity (Wildman–Crippen MR) is 88.9 cm³/mol. The Balaban J connectivity index is 2.02. The molecule has 0 spiro atoms. The molecular weight excluding hydrogens is 309 g/mol. The summed E-state index contributed by atoms with van der Waals surface area (Å²) in [5.41, 5.74) is 8.19. The summed E-state index contributed by atoms with van der Waals surface area (Å²) in [6.45, 7) is 0. The Kier molecular flexibility index (Phi) is 3.13. The van der Waals surface area contributed by atoms with E-state index in [0.29, 0.717) is 28.2 Å². The van der Waals surface area contributed by atoms with Crippen molar-refractivity contribution in [3.63, 3.8) is 0 Å². The fourth-order valence-electron chi connectivity index (χ4n) is 2.63. The molecular formula is C17H12FN5O. The van der Waals surface area contributed by atoms with Crippen LogP contribution in [0, 0.1) is 5.82 Å². The van der Waals surface area contributed by atoms with E-state index in [1.807, 2.05) is 6.07 Å². The smallest absolute Gasteiger partial charge is 0.274 e. The van der Waals surface area contributed by atoms with Crippen molar-refractivity contribution in [3.05, 3.63) is 70.9 Å². The van der Waals surface area contributed by atoms with E-state index in [9.17, 15) is 9.18 Å². The third-order valence-corrected chi connectivity index (χ3v) is 3.70. The fourth-order valence-corrected chi connectivity index (χ4v) is 2.63. The van der Waals surface area contributed by atoms with Crippen molar-refractivity contribution < 1.29 is 4.39 Å². The number of nitrogens with one attached hydrogen (secondary N) is 1. The molecule has 4 aromatic rings. The second kappa shape index (κ2) is 5.31. The summed E-state index contributed by atoms with van der Waals surface area (Å²) in [5, 5.41) is 4.08. The third kappa shape index (κ3) is 2.23. The second-order valence-corrected chi connectivity index (χ2v) is 5.27. The zero-order valence-corrected chi connectivity index (χ0v) is 12.4. The van der Waals surface area contributed by atoms with Gasteiger partial charge in [0.1, 0.15) is 11.5 Å². The van der Waals surface area contributed by atoms with Gasteiger partial charge in [-0.3, -0.25) is 9.78 Å². The van der Waals surface area contributed by atoms with Gasteiger partial charge in [0, 0.05) is 17.8 Å². The molecule has 0 amide bonds. The van der Waals surface area contributed by atoms with Crippen LogP contribution in [0.1, 0.15) is 0 Å². The van der Waals surface area contributed by atoms with Crippen LogP contribution in [-0.2, 0) is 0 Å². The van der Waals surface area contributed by atoms with E-state index in [1.165, 1.54) is 22.7 Å². The lowest BCUT2D eigenvalue weighted by atomic mass is 10.1. The highest BCUT2D eigenvalue weighted by Gasteiger charge is 2.17. The van der Waals surface area contributed by atoms with Gasteiger partial charge in [-0.25, -0.2) is 4.39 Å². The van der Waals surface area contributed by atoms with Gasteiger partial charge in [-0.05, 0) is 24.3 Å². The van der Waals surface area contributed by atoms with E-state index in [2.05, 4.69) is 15.1 Å². The van der Waals surface area contributed by atoms with Crippen LogP contribution in [0.3, 0.4) is 0 Å². The van der Waals surface area contributed by atoms with Crippen LogP contribution in [0.25, 0.3) is 28.2 Å². The van der Waals surface area contributed by atoms with E-state index < -0.39 is 0 Å². The number of pyridine rings is 1. The number of hydrogen-bond acceptors (Lipinski definition) is 4. The van der Waals surface area contributed by atoms with Crippen LogP contribution in [0.15, 0.2) is 59.5 Å². The molecule has 0 unspecified atom stereocenters. The second-order valence-electron chi connectivity index (χ2n) is 5.27. The number of fused-ring (bicyclic) bond motifs is 1. The van der Waals surface area contributed by atoms with Gasteiger partial charge >= 0.3 is 0 Å². The van der Waals surface area contributed by atoms with Crippen LogP contribution in [-0.4, -0.2) is 19.6 Å². The topological polar surface area (TPSA) is 89.1 Å². The zero-order chi connectivity index (χ0) is 16.7. The maximum absolute atomic E-state index is 13.5. The minimum Gasteiger partial charge on any atom is -0.382 e. The molecule has 3 heterocycles. The molecule has 6 nitrogen and oxygen atoms in total.